The topological polar surface area (TPSA) is 82.5 Å². The number of phenols is 2. The molecule has 0 atom stereocenters. The monoisotopic (exact) mass is 320 g/mol. The molecule has 1 heterocycles. The van der Waals surface area contributed by atoms with Crippen LogP contribution in [0.1, 0.15) is 10.4 Å². The number of anilines is 1. The van der Waals surface area contributed by atoms with Crippen molar-refractivity contribution in [3.8, 4) is 11.5 Å². The summed E-state index contributed by atoms with van der Waals surface area (Å²) in [5.41, 5.74) is 0.878. The first-order chi connectivity index (χ1) is 10.0. The summed E-state index contributed by atoms with van der Waals surface area (Å²) in [4.78, 5) is 16.3. The molecule has 0 bridgehead atoms. The summed E-state index contributed by atoms with van der Waals surface area (Å²) in [6.07, 6.45) is 0. The van der Waals surface area contributed by atoms with E-state index in [1.54, 1.807) is 18.2 Å². The summed E-state index contributed by atoms with van der Waals surface area (Å²) in [5, 5.41) is 22.4. The van der Waals surface area contributed by atoms with Gasteiger partial charge >= 0.3 is 0 Å². The summed E-state index contributed by atoms with van der Waals surface area (Å²) in [7, 11) is 0. The highest BCUT2D eigenvalue weighted by Crippen LogP contribution is 2.29. The van der Waals surface area contributed by atoms with Crippen molar-refractivity contribution in [2.45, 2.75) is 0 Å². The molecule has 2 aromatic carbocycles. The Bertz CT molecular complexity index is 827. The molecule has 0 aliphatic heterocycles. The third-order valence-electron chi connectivity index (χ3n) is 2.74. The van der Waals surface area contributed by atoms with Crippen molar-refractivity contribution in [2.24, 2.45) is 0 Å². The Morgan fingerprint density at radius 1 is 1.14 bits per heavy atom. The molecule has 3 rings (SSSR count). The number of rotatable bonds is 2. The second kappa shape index (κ2) is 5.23. The van der Waals surface area contributed by atoms with Gasteiger partial charge in [0.05, 0.1) is 10.2 Å². The minimum atomic E-state index is -0.466. The first-order valence-corrected chi connectivity index (χ1v) is 7.11. The maximum absolute atomic E-state index is 12.1. The number of hydrogen-bond donors (Lipinski definition) is 3. The van der Waals surface area contributed by atoms with Gasteiger partial charge in [0, 0.05) is 16.7 Å². The third-order valence-corrected chi connectivity index (χ3v) is 3.90. The minimum Gasteiger partial charge on any atom is -0.508 e. The van der Waals surface area contributed by atoms with Crippen LogP contribution in [0, 0.1) is 0 Å². The lowest BCUT2D eigenvalue weighted by Gasteiger charge is -2.03. The van der Waals surface area contributed by atoms with E-state index in [4.69, 9.17) is 11.6 Å². The smallest absolute Gasteiger partial charge is 0.257 e. The maximum Gasteiger partial charge on any atom is 0.257 e. The maximum atomic E-state index is 12.1. The van der Waals surface area contributed by atoms with E-state index in [9.17, 15) is 15.0 Å². The molecular weight excluding hydrogens is 312 g/mol. The number of nitrogens with zero attached hydrogens (tertiary/aromatic N) is 1. The Labute approximate surface area is 128 Å². The molecule has 0 fully saturated rings. The zero-order valence-corrected chi connectivity index (χ0v) is 12.1. The van der Waals surface area contributed by atoms with E-state index < -0.39 is 5.91 Å². The van der Waals surface area contributed by atoms with E-state index >= 15 is 0 Å². The van der Waals surface area contributed by atoms with E-state index in [0.29, 0.717) is 10.2 Å². The molecule has 0 aliphatic carbocycles. The molecule has 0 saturated heterocycles. The molecule has 106 valence electrons. The first-order valence-electron chi connectivity index (χ1n) is 5.92. The van der Waals surface area contributed by atoms with E-state index in [2.05, 4.69) is 10.3 Å². The van der Waals surface area contributed by atoms with Gasteiger partial charge < -0.3 is 10.2 Å². The Morgan fingerprint density at radius 3 is 2.57 bits per heavy atom. The molecule has 3 aromatic rings. The standard InChI is InChI=1S/C14H9ClN2O3S/c15-8-1-2-11-12(5-8)21-14(16-11)17-13(20)7-3-9(18)6-10(19)4-7/h1-6,18-19H,(H,16,17,20). The average Bonchev–Trinajstić information content (AvgIpc) is 2.78. The Morgan fingerprint density at radius 2 is 1.86 bits per heavy atom. The summed E-state index contributed by atoms with van der Waals surface area (Å²) < 4.78 is 0.858. The second-order valence-electron chi connectivity index (χ2n) is 4.32. The number of aromatic nitrogens is 1. The normalized spacial score (nSPS) is 10.7. The van der Waals surface area contributed by atoms with Gasteiger partial charge in [-0.05, 0) is 30.3 Å². The van der Waals surface area contributed by atoms with Crippen molar-refractivity contribution in [1.29, 1.82) is 0 Å². The van der Waals surface area contributed by atoms with Gasteiger partial charge in [0.25, 0.3) is 5.91 Å². The van der Waals surface area contributed by atoms with Crippen LogP contribution in [0.25, 0.3) is 10.2 Å². The summed E-state index contributed by atoms with van der Waals surface area (Å²) in [5.74, 6) is -0.834. The highest BCUT2D eigenvalue weighted by molar-refractivity contribution is 7.22. The zero-order valence-electron chi connectivity index (χ0n) is 10.5. The number of benzene rings is 2. The third kappa shape index (κ3) is 2.91. The second-order valence-corrected chi connectivity index (χ2v) is 5.79. The fourth-order valence-electron chi connectivity index (χ4n) is 1.85. The van der Waals surface area contributed by atoms with Gasteiger partial charge in [0.1, 0.15) is 11.5 Å². The van der Waals surface area contributed by atoms with Gasteiger partial charge in [-0.3, -0.25) is 10.1 Å². The molecule has 0 radical (unpaired) electrons. The van der Waals surface area contributed by atoms with Crippen molar-refractivity contribution < 1.29 is 15.0 Å². The molecule has 0 unspecified atom stereocenters. The van der Waals surface area contributed by atoms with Crippen LogP contribution in [0.4, 0.5) is 5.13 Å². The van der Waals surface area contributed by atoms with Crippen LogP contribution in [0.5, 0.6) is 11.5 Å². The van der Waals surface area contributed by atoms with Crippen LogP contribution in [0.3, 0.4) is 0 Å². The molecule has 1 amide bonds. The quantitative estimate of drug-likeness (QED) is 0.673. The SMILES string of the molecule is O=C(Nc1nc2ccc(Cl)cc2s1)c1cc(O)cc(O)c1. The molecule has 21 heavy (non-hydrogen) atoms. The number of carbonyl (C=O) groups is 1. The number of carbonyl (C=O) groups excluding carboxylic acids is 1. The van der Waals surface area contributed by atoms with Crippen LogP contribution in [0.2, 0.25) is 5.02 Å². The minimum absolute atomic E-state index is 0.143. The lowest BCUT2D eigenvalue weighted by Crippen LogP contribution is -2.11. The molecule has 3 N–H and O–H groups in total. The van der Waals surface area contributed by atoms with Crippen LogP contribution < -0.4 is 5.32 Å². The summed E-state index contributed by atoms with van der Waals surface area (Å²) in [6.45, 7) is 0. The highest BCUT2D eigenvalue weighted by atomic mass is 35.5. The lowest BCUT2D eigenvalue weighted by molar-refractivity contribution is 0.102. The molecule has 0 saturated carbocycles. The Hall–Kier alpha value is -2.31. The summed E-state index contributed by atoms with van der Waals surface area (Å²) >= 11 is 7.19. The van der Waals surface area contributed by atoms with E-state index in [1.807, 2.05) is 0 Å². The number of fused-ring (bicyclic) bond motifs is 1. The molecule has 0 spiro atoms. The van der Waals surface area contributed by atoms with Gasteiger partial charge in [-0.25, -0.2) is 4.98 Å². The number of nitrogens with one attached hydrogen (secondary N) is 1. The summed E-state index contributed by atoms with van der Waals surface area (Å²) in [6, 6.07) is 8.94. The van der Waals surface area contributed by atoms with Crippen LogP contribution >= 0.6 is 22.9 Å². The molecule has 5 nitrogen and oxygen atoms in total. The molecular formula is C14H9ClN2O3S. The van der Waals surface area contributed by atoms with Gasteiger partial charge in [-0.1, -0.05) is 22.9 Å². The number of amides is 1. The van der Waals surface area contributed by atoms with Gasteiger partial charge in [-0.15, -0.1) is 0 Å². The van der Waals surface area contributed by atoms with Crippen molar-refractivity contribution in [3.63, 3.8) is 0 Å². The number of phenolic OH excluding ortho intramolecular Hbond substituents is 2. The van der Waals surface area contributed by atoms with Gasteiger partial charge in [-0.2, -0.15) is 0 Å². The van der Waals surface area contributed by atoms with Crippen molar-refractivity contribution in [3.05, 3.63) is 47.0 Å². The predicted molar refractivity (Wildman–Crippen MR) is 82.4 cm³/mol. The van der Waals surface area contributed by atoms with Crippen molar-refractivity contribution in [2.75, 3.05) is 5.32 Å². The fourth-order valence-corrected chi connectivity index (χ4v) is 2.98. The lowest BCUT2D eigenvalue weighted by atomic mass is 10.2. The average molecular weight is 321 g/mol. The van der Waals surface area contributed by atoms with Crippen molar-refractivity contribution in [1.82, 2.24) is 4.98 Å². The predicted octanol–water partition coefficient (Wildman–Crippen LogP) is 3.61. The Balaban J connectivity index is 1.88. The van der Waals surface area contributed by atoms with Gasteiger partial charge in [0.15, 0.2) is 5.13 Å². The number of hydrogen-bond acceptors (Lipinski definition) is 5. The first kappa shape index (κ1) is 13.7. The van der Waals surface area contributed by atoms with Gasteiger partial charge in [0.2, 0.25) is 0 Å². The number of halogens is 1. The number of thiazole rings is 1. The molecule has 7 heteroatoms. The van der Waals surface area contributed by atoms with Crippen LogP contribution in [-0.2, 0) is 0 Å². The van der Waals surface area contributed by atoms with Crippen LogP contribution in [0.15, 0.2) is 36.4 Å². The fraction of sp³-hybridized carbons (Fsp3) is 0. The van der Waals surface area contributed by atoms with Crippen molar-refractivity contribution >= 4 is 44.2 Å². The van der Waals surface area contributed by atoms with E-state index in [-0.39, 0.29) is 17.1 Å². The zero-order chi connectivity index (χ0) is 15.0. The number of aromatic hydroxyl groups is 2. The highest BCUT2D eigenvalue weighted by Gasteiger charge is 2.12. The largest absolute Gasteiger partial charge is 0.508 e. The van der Waals surface area contributed by atoms with E-state index in [1.165, 1.54) is 23.5 Å². The van der Waals surface area contributed by atoms with E-state index in [0.717, 1.165) is 16.3 Å². The molecule has 0 aliphatic rings. The van der Waals surface area contributed by atoms with Crippen LogP contribution in [-0.4, -0.2) is 21.1 Å². The molecule has 1 aromatic heterocycles. The Kier molecular flexibility index (Phi) is 3.40.